The predicted molar refractivity (Wildman–Crippen MR) is 159 cm³/mol. The second-order valence-electron chi connectivity index (χ2n) is 10.3. The summed E-state index contributed by atoms with van der Waals surface area (Å²) in [4.78, 5) is 19.1. The standard InChI is InChI=1S/C31H33N5O2S/c1-18(2)30(38)33-24-14-13-22(16-19(24)3)36-29(28(34-31(36)39)25-10-8-9-15-32-25)23-17-20(4)35(21(23)5)26-11-6-7-12-27(26)37/h6-18,28-29,37H,1-5H3,(H,33,38)(H,34,39)/t28-,29-/m0/s1. The Balaban J connectivity index is 1.63. The summed E-state index contributed by atoms with van der Waals surface area (Å²) in [6.07, 6.45) is 1.79. The molecule has 0 aliphatic carbocycles. The molecule has 39 heavy (non-hydrogen) atoms. The van der Waals surface area contributed by atoms with Crippen molar-refractivity contribution >= 4 is 34.6 Å². The van der Waals surface area contributed by atoms with Gasteiger partial charge in [0.05, 0.1) is 23.5 Å². The number of anilines is 2. The highest BCUT2D eigenvalue weighted by atomic mass is 32.1. The number of nitrogens with one attached hydrogen (secondary N) is 2. The van der Waals surface area contributed by atoms with Crippen LogP contribution in [0.1, 0.15) is 54.1 Å². The molecule has 4 aromatic rings. The molecule has 3 heterocycles. The summed E-state index contributed by atoms with van der Waals surface area (Å²) >= 11 is 5.92. The fraction of sp³-hybridized carbons (Fsp3) is 0.258. The minimum absolute atomic E-state index is 0.0195. The number of thiocarbonyl (C=S) groups is 1. The van der Waals surface area contributed by atoms with Crippen LogP contribution in [0.4, 0.5) is 11.4 Å². The van der Waals surface area contributed by atoms with Gasteiger partial charge in [0.25, 0.3) is 0 Å². The second-order valence-corrected chi connectivity index (χ2v) is 10.7. The van der Waals surface area contributed by atoms with E-state index < -0.39 is 0 Å². The molecule has 1 aliphatic rings. The molecule has 7 nitrogen and oxygen atoms in total. The lowest BCUT2D eigenvalue weighted by Gasteiger charge is -2.29. The number of aryl methyl sites for hydroxylation is 2. The number of phenolic OH excluding ortho intramolecular Hbond substituents is 1. The molecule has 1 amide bonds. The van der Waals surface area contributed by atoms with E-state index in [4.69, 9.17) is 12.2 Å². The van der Waals surface area contributed by atoms with Gasteiger partial charge in [0, 0.05) is 34.9 Å². The third-order valence-electron chi connectivity index (χ3n) is 7.28. The Kier molecular flexibility index (Phi) is 7.14. The number of benzene rings is 2. The lowest BCUT2D eigenvalue weighted by Crippen LogP contribution is -2.29. The molecule has 1 fully saturated rings. The van der Waals surface area contributed by atoms with E-state index in [9.17, 15) is 9.90 Å². The van der Waals surface area contributed by atoms with E-state index in [1.54, 1.807) is 12.3 Å². The fourth-order valence-electron chi connectivity index (χ4n) is 5.28. The van der Waals surface area contributed by atoms with Crippen molar-refractivity contribution in [1.82, 2.24) is 14.9 Å². The van der Waals surface area contributed by atoms with Crippen LogP contribution in [0.15, 0.2) is 72.9 Å². The molecule has 3 N–H and O–H groups in total. The van der Waals surface area contributed by atoms with Crippen LogP contribution < -0.4 is 15.5 Å². The normalized spacial score (nSPS) is 17.0. The van der Waals surface area contributed by atoms with Crippen molar-refractivity contribution in [3.05, 3.63) is 101 Å². The van der Waals surface area contributed by atoms with Crippen LogP contribution in [-0.2, 0) is 4.79 Å². The van der Waals surface area contributed by atoms with Crippen LogP contribution in [0.5, 0.6) is 5.75 Å². The largest absolute Gasteiger partial charge is 0.506 e. The summed E-state index contributed by atoms with van der Waals surface area (Å²) < 4.78 is 2.08. The molecule has 2 aromatic carbocycles. The highest BCUT2D eigenvalue weighted by Crippen LogP contribution is 2.44. The van der Waals surface area contributed by atoms with E-state index in [1.165, 1.54) is 0 Å². The monoisotopic (exact) mass is 539 g/mol. The van der Waals surface area contributed by atoms with E-state index in [1.807, 2.05) is 76.2 Å². The number of aromatic nitrogens is 2. The topological polar surface area (TPSA) is 82.4 Å². The number of nitrogens with zero attached hydrogens (tertiary/aromatic N) is 3. The van der Waals surface area contributed by atoms with Gasteiger partial charge in [0.15, 0.2) is 5.11 Å². The first-order valence-corrected chi connectivity index (χ1v) is 13.5. The molecule has 0 unspecified atom stereocenters. The van der Waals surface area contributed by atoms with E-state index in [0.717, 1.165) is 45.3 Å². The number of hydrogen-bond acceptors (Lipinski definition) is 4. The molecule has 200 valence electrons. The quantitative estimate of drug-likeness (QED) is 0.250. The lowest BCUT2D eigenvalue weighted by atomic mass is 9.96. The summed E-state index contributed by atoms with van der Waals surface area (Å²) in [6.45, 7) is 9.85. The minimum atomic E-state index is -0.200. The Morgan fingerprint density at radius 1 is 1.05 bits per heavy atom. The van der Waals surface area contributed by atoms with E-state index in [-0.39, 0.29) is 29.7 Å². The van der Waals surface area contributed by atoms with E-state index in [2.05, 4.69) is 44.1 Å². The minimum Gasteiger partial charge on any atom is -0.506 e. The average molecular weight is 540 g/mol. The summed E-state index contributed by atoms with van der Waals surface area (Å²) in [5.41, 5.74) is 7.36. The number of carbonyl (C=O) groups is 1. The van der Waals surface area contributed by atoms with Gasteiger partial charge in [0.2, 0.25) is 5.91 Å². The molecular formula is C31H33N5O2S. The summed E-state index contributed by atoms with van der Waals surface area (Å²) in [5, 5.41) is 17.8. The molecule has 2 atom stereocenters. The van der Waals surface area contributed by atoms with Crippen LogP contribution in [-0.4, -0.2) is 25.7 Å². The number of phenols is 1. The third kappa shape index (κ3) is 4.88. The third-order valence-corrected chi connectivity index (χ3v) is 7.59. The Morgan fingerprint density at radius 3 is 2.46 bits per heavy atom. The maximum absolute atomic E-state index is 12.3. The zero-order valence-corrected chi connectivity index (χ0v) is 23.6. The molecule has 5 rings (SSSR count). The molecule has 0 saturated carbocycles. The first-order valence-electron chi connectivity index (χ1n) is 13.1. The van der Waals surface area contributed by atoms with Gasteiger partial charge in [-0.15, -0.1) is 0 Å². The molecule has 0 radical (unpaired) electrons. The van der Waals surface area contributed by atoms with Crippen molar-refractivity contribution in [2.45, 2.75) is 46.7 Å². The Bertz CT molecular complexity index is 1550. The van der Waals surface area contributed by atoms with Crippen molar-refractivity contribution in [2.24, 2.45) is 5.92 Å². The van der Waals surface area contributed by atoms with Crippen molar-refractivity contribution in [3.63, 3.8) is 0 Å². The first kappa shape index (κ1) is 26.4. The summed E-state index contributed by atoms with van der Waals surface area (Å²) in [5.74, 6) is 0.0925. The smallest absolute Gasteiger partial charge is 0.226 e. The highest BCUT2D eigenvalue weighted by molar-refractivity contribution is 7.80. The van der Waals surface area contributed by atoms with Crippen LogP contribution in [0.3, 0.4) is 0 Å². The SMILES string of the molecule is Cc1cc(N2C(=S)N[C@@H](c3ccccn3)[C@@H]2c2cc(C)n(-c3ccccc3O)c2C)ccc1NC(=O)C(C)C. The molecular weight excluding hydrogens is 506 g/mol. The Labute approximate surface area is 234 Å². The molecule has 0 spiro atoms. The average Bonchev–Trinajstić information content (AvgIpc) is 3.41. The summed E-state index contributed by atoms with van der Waals surface area (Å²) in [7, 11) is 0. The zero-order chi connectivity index (χ0) is 27.8. The first-order chi connectivity index (χ1) is 18.7. The van der Waals surface area contributed by atoms with E-state index >= 15 is 0 Å². The molecule has 8 heteroatoms. The number of para-hydroxylation sites is 2. The molecule has 1 aliphatic heterocycles. The van der Waals surface area contributed by atoms with Gasteiger partial charge in [-0.05, 0) is 92.6 Å². The number of rotatable bonds is 6. The highest BCUT2D eigenvalue weighted by Gasteiger charge is 2.42. The molecule has 2 aromatic heterocycles. The Hall–Kier alpha value is -4.17. The van der Waals surface area contributed by atoms with E-state index in [0.29, 0.717) is 5.11 Å². The maximum atomic E-state index is 12.3. The Morgan fingerprint density at radius 2 is 1.79 bits per heavy atom. The number of pyridine rings is 1. The van der Waals surface area contributed by atoms with Crippen molar-refractivity contribution < 1.29 is 9.90 Å². The van der Waals surface area contributed by atoms with Crippen LogP contribution >= 0.6 is 12.2 Å². The van der Waals surface area contributed by atoms with Gasteiger partial charge in [0.1, 0.15) is 5.75 Å². The van der Waals surface area contributed by atoms with Gasteiger partial charge in [-0.25, -0.2) is 0 Å². The number of hydrogen-bond donors (Lipinski definition) is 3. The number of carbonyl (C=O) groups excluding carboxylic acids is 1. The summed E-state index contributed by atoms with van der Waals surface area (Å²) in [6, 6.07) is 21.0. The van der Waals surface area contributed by atoms with Gasteiger partial charge >= 0.3 is 0 Å². The van der Waals surface area contributed by atoms with Gasteiger partial charge < -0.3 is 25.2 Å². The van der Waals surface area contributed by atoms with Crippen LogP contribution in [0, 0.1) is 26.7 Å². The van der Waals surface area contributed by atoms with Crippen molar-refractivity contribution in [2.75, 3.05) is 10.2 Å². The maximum Gasteiger partial charge on any atom is 0.226 e. The molecule has 1 saturated heterocycles. The zero-order valence-electron chi connectivity index (χ0n) is 22.8. The van der Waals surface area contributed by atoms with Crippen molar-refractivity contribution in [3.8, 4) is 11.4 Å². The fourth-order valence-corrected chi connectivity index (χ4v) is 5.62. The van der Waals surface area contributed by atoms with Gasteiger partial charge in [-0.1, -0.05) is 32.0 Å². The van der Waals surface area contributed by atoms with Crippen LogP contribution in [0.25, 0.3) is 5.69 Å². The van der Waals surface area contributed by atoms with Gasteiger partial charge in [-0.3, -0.25) is 9.78 Å². The number of amides is 1. The lowest BCUT2D eigenvalue weighted by molar-refractivity contribution is -0.118. The second kappa shape index (κ2) is 10.5. The van der Waals surface area contributed by atoms with Crippen molar-refractivity contribution in [1.29, 1.82) is 0 Å². The predicted octanol–water partition coefficient (Wildman–Crippen LogP) is 6.27. The van der Waals surface area contributed by atoms with Crippen LogP contribution in [0.2, 0.25) is 0 Å². The molecule has 0 bridgehead atoms. The van der Waals surface area contributed by atoms with Gasteiger partial charge in [-0.2, -0.15) is 0 Å². The number of aromatic hydroxyl groups is 1.